The first-order valence-corrected chi connectivity index (χ1v) is 9.46. The number of H-pyrrole nitrogens is 1. The van der Waals surface area contributed by atoms with E-state index in [4.69, 9.17) is 4.98 Å². The van der Waals surface area contributed by atoms with Crippen molar-refractivity contribution in [3.05, 3.63) is 24.0 Å². The fraction of sp³-hybridized carbons (Fsp3) is 0.353. The normalized spacial score (nSPS) is 17.7. The number of fused-ring (bicyclic) bond motifs is 1. The summed E-state index contributed by atoms with van der Waals surface area (Å²) in [6.45, 7) is 2.49. The summed E-state index contributed by atoms with van der Waals surface area (Å²) >= 11 is 1.53. The van der Waals surface area contributed by atoms with E-state index in [1.165, 1.54) is 24.2 Å². The van der Waals surface area contributed by atoms with Crippen LogP contribution in [0.3, 0.4) is 0 Å². The average Bonchev–Trinajstić information content (AvgIpc) is 3.15. The van der Waals surface area contributed by atoms with Crippen molar-refractivity contribution in [1.82, 2.24) is 25.1 Å². The van der Waals surface area contributed by atoms with E-state index in [1.54, 1.807) is 18.6 Å². The van der Waals surface area contributed by atoms with Gasteiger partial charge < -0.3 is 10.2 Å². The zero-order chi connectivity index (χ0) is 17.7. The fourth-order valence-electron chi connectivity index (χ4n) is 3.36. The summed E-state index contributed by atoms with van der Waals surface area (Å²) in [5.74, 6) is 1.97. The molecule has 0 radical (unpaired) electrons. The molecule has 2 N–H and O–H groups in total. The first-order chi connectivity index (χ1) is 12.7. The summed E-state index contributed by atoms with van der Waals surface area (Å²) in [5.41, 5.74) is 2.28. The number of aromatic nitrogens is 5. The fourth-order valence-corrected chi connectivity index (χ4v) is 4.01. The first-order valence-electron chi connectivity index (χ1n) is 8.58. The van der Waals surface area contributed by atoms with Gasteiger partial charge in [-0.05, 0) is 25.7 Å². The molecule has 0 bridgehead atoms. The molecule has 1 aliphatic heterocycles. The number of hydrogen-bond donors (Lipinski definition) is 2. The lowest BCUT2D eigenvalue weighted by Gasteiger charge is -2.34. The first kappa shape index (κ1) is 15.4. The van der Waals surface area contributed by atoms with E-state index in [1.807, 2.05) is 5.38 Å². The van der Waals surface area contributed by atoms with Gasteiger partial charge in [-0.1, -0.05) is 0 Å². The second-order valence-corrected chi connectivity index (χ2v) is 7.58. The Labute approximate surface area is 153 Å². The summed E-state index contributed by atoms with van der Waals surface area (Å²) in [6, 6.07) is 0.283. The molecule has 26 heavy (non-hydrogen) atoms. The third-order valence-electron chi connectivity index (χ3n) is 4.95. The summed E-state index contributed by atoms with van der Waals surface area (Å²) in [6.07, 6.45) is 7.58. The Balaban J connectivity index is 1.58. The molecule has 3 aromatic heterocycles. The van der Waals surface area contributed by atoms with Crippen LogP contribution in [-0.4, -0.2) is 43.6 Å². The summed E-state index contributed by atoms with van der Waals surface area (Å²) in [5, 5.41) is 12.8. The van der Waals surface area contributed by atoms with Crippen LogP contribution in [0.1, 0.15) is 19.8 Å². The van der Waals surface area contributed by atoms with Gasteiger partial charge in [-0.15, -0.1) is 11.3 Å². The maximum absolute atomic E-state index is 12.1. The topological polar surface area (TPSA) is 99.7 Å². The van der Waals surface area contributed by atoms with E-state index in [2.05, 4.69) is 37.3 Å². The van der Waals surface area contributed by atoms with Crippen molar-refractivity contribution in [2.75, 3.05) is 16.8 Å². The molecule has 0 spiro atoms. The molecule has 5 rings (SSSR count). The predicted octanol–water partition coefficient (Wildman–Crippen LogP) is 2.55. The minimum Gasteiger partial charge on any atom is -0.342 e. The molecule has 8 nitrogen and oxygen atoms in total. The summed E-state index contributed by atoms with van der Waals surface area (Å²) in [7, 11) is 0. The van der Waals surface area contributed by atoms with Crippen molar-refractivity contribution in [2.45, 2.75) is 25.8 Å². The van der Waals surface area contributed by atoms with Crippen LogP contribution in [-0.2, 0) is 4.79 Å². The summed E-state index contributed by atoms with van der Waals surface area (Å²) < 4.78 is 0. The number of nitrogens with zero attached hydrogens (tertiary/aromatic N) is 5. The van der Waals surface area contributed by atoms with Crippen molar-refractivity contribution in [2.24, 2.45) is 5.92 Å². The van der Waals surface area contributed by atoms with Gasteiger partial charge >= 0.3 is 0 Å². The number of hydrogen-bond acceptors (Lipinski definition) is 7. The van der Waals surface area contributed by atoms with E-state index in [0.717, 1.165) is 22.1 Å². The molecule has 1 atom stereocenters. The molecule has 9 heteroatoms. The van der Waals surface area contributed by atoms with Gasteiger partial charge in [-0.3, -0.25) is 9.89 Å². The van der Waals surface area contributed by atoms with E-state index < -0.39 is 0 Å². The standard InChI is InChI=1S/C17H17N7OS/c1-9(10-2-3-10)24-8-13(25)21-12-7-19-15(22-16(12)24)11-6-20-23-14(11)17-18-4-5-26-17/h4-7,9-10H,2-3,8H2,1H3,(H,20,23)(H,21,25). The highest BCUT2D eigenvalue weighted by molar-refractivity contribution is 7.13. The van der Waals surface area contributed by atoms with E-state index in [9.17, 15) is 4.79 Å². The molecule has 3 aromatic rings. The molecule has 2 aliphatic rings. The van der Waals surface area contributed by atoms with Crippen molar-refractivity contribution < 1.29 is 4.79 Å². The smallest absolute Gasteiger partial charge is 0.244 e. The SMILES string of the molecule is CC(C1CC1)N1CC(=O)Nc2cnc(-c3cn[nH]c3-c3nccs3)nc21. The van der Waals surface area contributed by atoms with Gasteiger partial charge in [0.25, 0.3) is 0 Å². The minimum atomic E-state index is -0.0202. The average molecular weight is 367 g/mol. The third kappa shape index (κ3) is 2.55. The molecular formula is C17H17N7OS. The number of nitrogens with one attached hydrogen (secondary N) is 2. The highest BCUT2D eigenvalue weighted by Gasteiger charge is 2.36. The molecular weight excluding hydrogens is 350 g/mol. The van der Waals surface area contributed by atoms with E-state index in [-0.39, 0.29) is 11.9 Å². The quantitative estimate of drug-likeness (QED) is 0.735. The van der Waals surface area contributed by atoms with Crippen LogP contribution in [0.15, 0.2) is 24.0 Å². The molecule has 1 saturated carbocycles. The van der Waals surface area contributed by atoms with Crippen molar-refractivity contribution in [1.29, 1.82) is 0 Å². The Hall–Kier alpha value is -2.81. The van der Waals surface area contributed by atoms with Gasteiger partial charge in [0.15, 0.2) is 11.6 Å². The lowest BCUT2D eigenvalue weighted by molar-refractivity contribution is -0.115. The van der Waals surface area contributed by atoms with Crippen LogP contribution in [0.5, 0.6) is 0 Å². The third-order valence-corrected chi connectivity index (χ3v) is 5.74. The lowest BCUT2D eigenvalue weighted by atomic mass is 10.1. The number of aromatic amines is 1. The number of anilines is 2. The molecule has 1 aliphatic carbocycles. The lowest BCUT2D eigenvalue weighted by Crippen LogP contribution is -2.45. The molecule has 4 heterocycles. The molecule has 0 aromatic carbocycles. The Kier molecular flexibility index (Phi) is 3.49. The van der Waals surface area contributed by atoms with Crippen molar-refractivity contribution >= 4 is 28.7 Å². The van der Waals surface area contributed by atoms with E-state index in [0.29, 0.717) is 24.0 Å². The Morgan fingerprint density at radius 2 is 2.19 bits per heavy atom. The van der Waals surface area contributed by atoms with Crippen LogP contribution in [0.2, 0.25) is 0 Å². The summed E-state index contributed by atoms with van der Waals surface area (Å²) in [4.78, 5) is 27.8. The molecule has 0 saturated heterocycles. The molecule has 132 valence electrons. The zero-order valence-corrected chi connectivity index (χ0v) is 15.0. The highest BCUT2D eigenvalue weighted by Crippen LogP contribution is 2.40. The van der Waals surface area contributed by atoms with Crippen LogP contribution in [0.4, 0.5) is 11.5 Å². The molecule has 1 unspecified atom stereocenters. The Morgan fingerprint density at radius 3 is 2.96 bits per heavy atom. The highest BCUT2D eigenvalue weighted by atomic mass is 32.1. The van der Waals surface area contributed by atoms with Crippen LogP contribution in [0, 0.1) is 5.92 Å². The van der Waals surface area contributed by atoms with Gasteiger partial charge in [-0.25, -0.2) is 15.0 Å². The van der Waals surface area contributed by atoms with Gasteiger partial charge in [0, 0.05) is 17.6 Å². The molecule has 1 amide bonds. The second kappa shape index (κ2) is 5.87. The number of rotatable bonds is 4. The van der Waals surface area contributed by atoms with Crippen molar-refractivity contribution in [3.63, 3.8) is 0 Å². The van der Waals surface area contributed by atoms with Crippen LogP contribution in [0.25, 0.3) is 22.1 Å². The Bertz CT molecular complexity index is 963. The maximum Gasteiger partial charge on any atom is 0.244 e. The van der Waals surface area contributed by atoms with Crippen molar-refractivity contribution in [3.8, 4) is 22.1 Å². The molecule has 1 fully saturated rings. The second-order valence-electron chi connectivity index (χ2n) is 6.68. The van der Waals surface area contributed by atoms with Gasteiger partial charge in [-0.2, -0.15) is 5.10 Å². The number of amides is 1. The number of carbonyl (C=O) groups is 1. The minimum absolute atomic E-state index is 0.0202. The Morgan fingerprint density at radius 1 is 1.31 bits per heavy atom. The van der Waals surface area contributed by atoms with Crippen LogP contribution < -0.4 is 10.2 Å². The van der Waals surface area contributed by atoms with Crippen LogP contribution >= 0.6 is 11.3 Å². The zero-order valence-electron chi connectivity index (χ0n) is 14.1. The van der Waals surface area contributed by atoms with E-state index >= 15 is 0 Å². The predicted molar refractivity (Wildman–Crippen MR) is 98.9 cm³/mol. The van der Waals surface area contributed by atoms with Gasteiger partial charge in [0.05, 0.1) is 24.5 Å². The van der Waals surface area contributed by atoms with Gasteiger partial charge in [0.1, 0.15) is 16.4 Å². The largest absolute Gasteiger partial charge is 0.342 e. The monoisotopic (exact) mass is 367 g/mol. The van der Waals surface area contributed by atoms with Gasteiger partial charge in [0.2, 0.25) is 5.91 Å². The number of carbonyl (C=O) groups excluding carboxylic acids is 1. The maximum atomic E-state index is 12.1. The number of thiazole rings is 1.